The van der Waals surface area contributed by atoms with Gasteiger partial charge in [-0.25, -0.2) is 0 Å². The van der Waals surface area contributed by atoms with Gasteiger partial charge in [-0.3, -0.25) is 4.79 Å². The summed E-state index contributed by atoms with van der Waals surface area (Å²) >= 11 is 11.9. The fourth-order valence-electron chi connectivity index (χ4n) is 2.91. The maximum atomic E-state index is 12.4. The summed E-state index contributed by atoms with van der Waals surface area (Å²) in [5.74, 6) is 0.894. The fourth-order valence-corrected chi connectivity index (χ4v) is 3.38. The number of benzene rings is 3. The molecule has 0 fully saturated rings. The number of hydrogen-bond donors (Lipinski definition) is 1. The number of carbonyl (C=O) groups is 1. The molecule has 156 valence electrons. The number of aromatic nitrogens is 2. The third-order valence-corrected chi connectivity index (χ3v) is 4.89. The van der Waals surface area contributed by atoms with Crippen molar-refractivity contribution in [2.45, 2.75) is 6.42 Å². The lowest BCUT2D eigenvalue weighted by Crippen LogP contribution is -2.20. The smallest absolute Gasteiger partial charge is 0.262 e. The van der Waals surface area contributed by atoms with E-state index in [2.05, 4.69) is 15.5 Å². The molecule has 1 heterocycles. The summed E-state index contributed by atoms with van der Waals surface area (Å²) < 4.78 is 10.9. The minimum Gasteiger partial charge on any atom is -0.482 e. The molecule has 0 aliphatic rings. The normalized spacial score (nSPS) is 10.6. The van der Waals surface area contributed by atoms with Gasteiger partial charge < -0.3 is 14.6 Å². The zero-order chi connectivity index (χ0) is 21.6. The van der Waals surface area contributed by atoms with Gasteiger partial charge in [0, 0.05) is 11.4 Å². The SMILES string of the molecule is O=C(COc1ccc(Cl)cc1Cl)Nc1ccccc1-c1nc(Cc2ccccc2)no1. The lowest BCUT2D eigenvalue weighted by atomic mass is 10.1. The van der Waals surface area contributed by atoms with Crippen LogP contribution in [0.3, 0.4) is 0 Å². The van der Waals surface area contributed by atoms with Crippen LogP contribution in [0.2, 0.25) is 10.0 Å². The van der Waals surface area contributed by atoms with Crippen LogP contribution in [0.1, 0.15) is 11.4 Å². The average molecular weight is 454 g/mol. The lowest BCUT2D eigenvalue weighted by Gasteiger charge is -2.10. The van der Waals surface area contributed by atoms with Gasteiger partial charge in [0.1, 0.15) is 5.75 Å². The Hall–Kier alpha value is -3.35. The maximum absolute atomic E-state index is 12.4. The first-order valence-electron chi connectivity index (χ1n) is 9.42. The zero-order valence-corrected chi connectivity index (χ0v) is 17.7. The number of carbonyl (C=O) groups excluding carboxylic acids is 1. The second kappa shape index (κ2) is 9.64. The van der Waals surface area contributed by atoms with Gasteiger partial charge in [-0.1, -0.05) is 70.8 Å². The Morgan fingerprint density at radius 2 is 1.77 bits per heavy atom. The summed E-state index contributed by atoms with van der Waals surface area (Å²) in [6, 6.07) is 21.8. The van der Waals surface area contributed by atoms with Gasteiger partial charge in [0.25, 0.3) is 11.8 Å². The molecule has 0 unspecified atom stereocenters. The molecule has 1 amide bonds. The molecule has 31 heavy (non-hydrogen) atoms. The molecule has 1 aromatic heterocycles. The molecule has 0 aliphatic heterocycles. The van der Waals surface area contributed by atoms with Crippen LogP contribution in [-0.4, -0.2) is 22.7 Å². The summed E-state index contributed by atoms with van der Waals surface area (Å²) in [6.45, 7) is -0.223. The fraction of sp³-hybridized carbons (Fsp3) is 0.0870. The Morgan fingerprint density at radius 1 is 1.00 bits per heavy atom. The Morgan fingerprint density at radius 3 is 2.58 bits per heavy atom. The minimum absolute atomic E-state index is 0.223. The van der Waals surface area contributed by atoms with Crippen LogP contribution in [0, 0.1) is 0 Å². The molecular formula is C23H17Cl2N3O3. The van der Waals surface area contributed by atoms with E-state index >= 15 is 0 Å². The van der Waals surface area contributed by atoms with Gasteiger partial charge in [-0.15, -0.1) is 0 Å². The van der Waals surface area contributed by atoms with E-state index in [0.29, 0.717) is 45.2 Å². The molecule has 8 heteroatoms. The monoisotopic (exact) mass is 453 g/mol. The quantitative estimate of drug-likeness (QED) is 0.391. The second-order valence-corrected chi connectivity index (χ2v) is 7.48. The van der Waals surface area contributed by atoms with Gasteiger partial charge in [0.2, 0.25) is 0 Å². The van der Waals surface area contributed by atoms with E-state index in [1.165, 1.54) is 0 Å². The number of amides is 1. The number of para-hydroxylation sites is 1. The van der Waals surface area contributed by atoms with Gasteiger partial charge in [0.15, 0.2) is 12.4 Å². The van der Waals surface area contributed by atoms with Crippen molar-refractivity contribution in [1.29, 1.82) is 0 Å². The first-order chi connectivity index (χ1) is 15.1. The summed E-state index contributed by atoms with van der Waals surface area (Å²) in [5, 5.41) is 7.68. The van der Waals surface area contributed by atoms with E-state index in [-0.39, 0.29) is 12.5 Å². The van der Waals surface area contributed by atoms with E-state index in [4.69, 9.17) is 32.5 Å². The maximum Gasteiger partial charge on any atom is 0.262 e. The molecule has 0 saturated carbocycles. The third-order valence-electron chi connectivity index (χ3n) is 4.36. The van der Waals surface area contributed by atoms with Gasteiger partial charge in [-0.2, -0.15) is 4.98 Å². The number of ether oxygens (including phenoxy) is 1. The molecule has 0 aliphatic carbocycles. The molecule has 0 atom stereocenters. The molecule has 4 rings (SSSR count). The highest BCUT2D eigenvalue weighted by atomic mass is 35.5. The van der Waals surface area contributed by atoms with Crippen molar-refractivity contribution in [3.05, 3.63) is 94.2 Å². The van der Waals surface area contributed by atoms with Crippen LogP contribution < -0.4 is 10.1 Å². The van der Waals surface area contributed by atoms with Gasteiger partial charge in [-0.05, 0) is 35.9 Å². The lowest BCUT2D eigenvalue weighted by molar-refractivity contribution is -0.118. The predicted molar refractivity (Wildman–Crippen MR) is 120 cm³/mol. The topological polar surface area (TPSA) is 77.2 Å². The summed E-state index contributed by atoms with van der Waals surface area (Å²) in [4.78, 5) is 16.9. The Labute approximate surface area is 188 Å². The van der Waals surface area contributed by atoms with Crippen molar-refractivity contribution in [3.63, 3.8) is 0 Å². The summed E-state index contributed by atoms with van der Waals surface area (Å²) in [6.07, 6.45) is 0.550. The van der Waals surface area contributed by atoms with Crippen LogP contribution in [-0.2, 0) is 11.2 Å². The number of rotatable bonds is 7. The highest BCUT2D eigenvalue weighted by Gasteiger charge is 2.15. The van der Waals surface area contributed by atoms with Crippen molar-refractivity contribution in [2.75, 3.05) is 11.9 Å². The third kappa shape index (κ3) is 5.42. The number of nitrogens with one attached hydrogen (secondary N) is 1. The molecule has 0 bridgehead atoms. The van der Waals surface area contributed by atoms with Crippen molar-refractivity contribution in [2.24, 2.45) is 0 Å². The van der Waals surface area contributed by atoms with Crippen molar-refractivity contribution in [1.82, 2.24) is 10.1 Å². The molecule has 0 radical (unpaired) electrons. The van der Waals surface area contributed by atoms with Crippen molar-refractivity contribution < 1.29 is 14.1 Å². The van der Waals surface area contributed by atoms with Crippen LogP contribution >= 0.6 is 23.2 Å². The first kappa shape index (κ1) is 20.9. The highest BCUT2D eigenvalue weighted by molar-refractivity contribution is 6.35. The average Bonchev–Trinajstić information content (AvgIpc) is 3.22. The zero-order valence-electron chi connectivity index (χ0n) is 16.2. The number of halogens is 2. The van der Waals surface area contributed by atoms with Gasteiger partial charge in [0.05, 0.1) is 16.3 Å². The van der Waals surface area contributed by atoms with Crippen LogP contribution in [0.5, 0.6) is 5.75 Å². The number of hydrogen-bond acceptors (Lipinski definition) is 5. The molecule has 3 aromatic carbocycles. The van der Waals surface area contributed by atoms with E-state index in [0.717, 1.165) is 5.56 Å². The molecule has 6 nitrogen and oxygen atoms in total. The summed E-state index contributed by atoms with van der Waals surface area (Å²) in [7, 11) is 0. The predicted octanol–water partition coefficient (Wildman–Crippen LogP) is 5.65. The molecule has 4 aromatic rings. The van der Waals surface area contributed by atoms with E-state index in [9.17, 15) is 4.79 Å². The van der Waals surface area contributed by atoms with Crippen LogP contribution in [0.15, 0.2) is 77.3 Å². The highest BCUT2D eigenvalue weighted by Crippen LogP contribution is 2.28. The van der Waals surface area contributed by atoms with E-state index in [1.54, 1.807) is 36.4 Å². The molecular weight excluding hydrogens is 437 g/mol. The van der Waals surface area contributed by atoms with Gasteiger partial charge >= 0.3 is 0 Å². The van der Waals surface area contributed by atoms with Crippen LogP contribution in [0.25, 0.3) is 11.5 Å². The Balaban J connectivity index is 1.44. The van der Waals surface area contributed by atoms with Crippen molar-refractivity contribution >= 4 is 34.8 Å². The van der Waals surface area contributed by atoms with Crippen molar-refractivity contribution in [3.8, 4) is 17.2 Å². The number of anilines is 1. The van der Waals surface area contributed by atoms with E-state index in [1.807, 2.05) is 36.4 Å². The standard InChI is InChI=1S/C23H17Cl2N3O3/c24-16-10-11-20(18(25)13-16)30-14-22(29)26-19-9-5-4-8-17(19)23-27-21(28-31-23)12-15-6-2-1-3-7-15/h1-11,13H,12,14H2,(H,26,29). The largest absolute Gasteiger partial charge is 0.482 e. The second-order valence-electron chi connectivity index (χ2n) is 6.64. The first-order valence-corrected chi connectivity index (χ1v) is 10.2. The van der Waals surface area contributed by atoms with E-state index < -0.39 is 0 Å². The van der Waals surface area contributed by atoms with Crippen LogP contribution in [0.4, 0.5) is 5.69 Å². The Bertz CT molecular complexity index is 1200. The Kier molecular flexibility index (Phi) is 6.50. The summed E-state index contributed by atoms with van der Waals surface area (Å²) in [5.41, 5.74) is 2.23. The molecule has 0 saturated heterocycles. The minimum atomic E-state index is -0.359. The molecule has 0 spiro atoms. The molecule has 1 N–H and O–H groups in total. The number of nitrogens with zero attached hydrogens (tertiary/aromatic N) is 2.